The SMILES string of the molecule is Cc1[nH]c2ccccc2c1Cc1n[nH]c(=S)n1-c1ccc(I)cc1. The molecule has 0 spiro atoms. The van der Waals surface area contributed by atoms with E-state index in [0.717, 1.165) is 23.4 Å². The number of fused-ring (bicyclic) bond motifs is 1. The highest BCUT2D eigenvalue weighted by molar-refractivity contribution is 14.1. The number of aryl methyl sites for hydroxylation is 1. The third-order valence-electron chi connectivity index (χ3n) is 4.19. The number of nitrogens with zero attached hydrogens (tertiary/aromatic N) is 2. The van der Waals surface area contributed by atoms with E-state index in [4.69, 9.17) is 12.2 Å². The summed E-state index contributed by atoms with van der Waals surface area (Å²) in [6, 6.07) is 16.6. The van der Waals surface area contributed by atoms with Crippen LogP contribution in [0.5, 0.6) is 0 Å². The fourth-order valence-corrected chi connectivity index (χ4v) is 3.64. The second-order valence-electron chi connectivity index (χ2n) is 5.71. The first-order chi connectivity index (χ1) is 11.6. The number of halogens is 1. The Balaban J connectivity index is 1.82. The minimum Gasteiger partial charge on any atom is -0.358 e. The first-order valence-corrected chi connectivity index (χ1v) is 9.10. The lowest BCUT2D eigenvalue weighted by Gasteiger charge is -2.07. The lowest BCUT2D eigenvalue weighted by atomic mass is 10.1. The van der Waals surface area contributed by atoms with Crippen LogP contribution in [0, 0.1) is 15.3 Å². The summed E-state index contributed by atoms with van der Waals surface area (Å²) in [5, 5.41) is 8.64. The molecule has 0 saturated heterocycles. The molecule has 4 aromatic rings. The van der Waals surface area contributed by atoms with Crippen LogP contribution < -0.4 is 0 Å². The van der Waals surface area contributed by atoms with Crippen molar-refractivity contribution < 1.29 is 0 Å². The zero-order valence-electron chi connectivity index (χ0n) is 13.0. The van der Waals surface area contributed by atoms with Crippen LogP contribution in [0.4, 0.5) is 0 Å². The number of nitrogens with one attached hydrogen (secondary N) is 2. The lowest BCUT2D eigenvalue weighted by molar-refractivity contribution is 0.900. The van der Waals surface area contributed by atoms with Gasteiger partial charge in [-0.25, -0.2) is 0 Å². The van der Waals surface area contributed by atoms with Gasteiger partial charge in [0.05, 0.1) is 0 Å². The molecule has 0 bridgehead atoms. The molecular weight excluding hydrogens is 431 g/mol. The molecule has 0 saturated carbocycles. The van der Waals surface area contributed by atoms with Crippen molar-refractivity contribution in [3.8, 4) is 5.69 Å². The van der Waals surface area contributed by atoms with Gasteiger partial charge in [-0.05, 0) is 77.6 Å². The first kappa shape index (κ1) is 15.6. The largest absolute Gasteiger partial charge is 0.358 e. The molecule has 4 nitrogen and oxygen atoms in total. The van der Waals surface area contributed by atoms with Gasteiger partial charge in [-0.2, -0.15) is 5.10 Å². The Labute approximate surface area is 158 Å². The maximum atomic E-state index is 5.45. The van der Waals surface area contributed by atoms with Gasteiger partial charge in [0.1, 0.15) is 5.82 Å². The Morgan fingerprint density at radius 3 is 2.67 bits per heavy atom. The lowest BCUT2D eigenvalue weighted by Crippen LogP contribution is -2.03. The van der Waals surface area contributed by atoms with E-state index in [-0.39, 0.29) is 0 Å². The molecule has 4 rings (SSSR count). The Kier molecular flexibility index (Phi) is 4.01. The van der Waals surface area contributed by atoms with Gasteiger partial charge in [0.15, 0.2) is 4.77 Å². The van der Waals surface area contributed by atoms with Crippen LogP contribution in [-0.4, -0.2) is 19.7 Å². The number of hydrogen-bond acceptors (Lipinski definition) is 2. The van der Waals surface area contributed by atoms with Gasteiger partial charge in [-0.15, -0.1) is 0 Å². The van der Waals surface area contributed by atoms with Crippen LogP contribution in [0.3, 0.4) is 0 Å². The Morgan fingerprint density at radius 1 is 1.12 bits per heavy atom. The molecule has 120 valence electrons. The van der Waals surface area contributed by atoms with Crippen molar-refractivity contribution in [3.63, 3.8) is 0 Å². The molecule has 0 aliphatic heterocycles. The fourth-order valence-electron chi connectivity index (χ4n) is 3.03. The van der Waals surface area contributed by atoms with Crippen LogP contribution in [-0.2, 0) is 6.42 Å². The van der Waals surface area contributed by atoms with Crippen LogP contribution in [0.25, 0.3) is 16.6 Å². The summed E-state index contributed by atoms with van der Waals surface area (Å²) in [6.45, 7) is 2.10. The molecule has 2 heterocycles. The normalized spacial score (nSPS) is 11.2. The van der Waals surface area contributed by atoms with E-state index in [2.05, 4.69) is 87.2 Å². The van der Waals surface area contributed by atoms with Gasteiger partial charge in [0.2, 0.25) is 0 Å². The van der Waals surface area contributed by atoms with Crippen LogP contribution in [0.15, 0.2) is 48.5 Å². The van der Waals surface area contributed by atoms with Crippen molar-refractivity contribution in [2.24, 2.45) is 0 Å². The van der Waals surface area contributed by atoms with E-state index in [0.29, 0.717) is 4.77 Å². The van der Waals surface area contributed by atoms with Crippen molar-refractivity contribution in [1.29, 1.82) is 0 Å². The molecule has 2 aromatic heterocycles. The minimum atomic E-state index is 0.615. The van der Waals surface area contributed by atoms with Crippen LogP contribution >= 0.6 is 34.8 Å². The smallest absolute Gasteiger partial charge is 0.199 e. The zero-order valence-corrected chi connectivity index (χ0v) is 16.0. The highest BCUT2D eigenvalue weighted by Crippen LogP contribution is 2.25. The number of H-pyrrole nitrogens is 2. The van der Waals surface area contributed by atoms with Crippen LogP contribution in [0.1, 0.15) is 17.1 Å². The second-order valence-corrected chi connectivity index (χ2v) is 7.34. The first-order valence-electron chi connectivity index (χ1n) is 7.62. The highest BCUT2D eigenvalue weighted by atomic mass is 127. The summed E-state index contributed by atoms with van der Waals surface area (Å²) in [4.78, 5) is 3.45. The molecule has 0 aliphatic carbocycles. The van der Waals surface area contributed by atoms with Gasteiger partial charge >= 0.3 is 0 Å². The van der Waals surface area contributed by atoms with Crippen molar-refractivity contribution in [3.05, 3.63) is 74.0 Å². The summed E-state index contributed by atoms with van der Waals surface area (Å²) in [6.07, 6.45) is 0.717. The molecule has 0 amide bonds. The Bertz CT molecular complexity index is 1070. The minimum absolute atomic E-state index is 0.615. The van der Waals surface area contributed by atoms with E-state index in [1.165, 1.54) is 20.2 Å². The topological polar surface area (TPSA) is 49.4 Å². The summed E-state index contributed by atoms with van der Waals surface area (Å²) in [5.74, 6) is 0.911. The van der Waals surface area contributed by atoms with Gasteiger partial charge in [-0.3, -0.25) is 9.67 Å². The predicted octanol–water partition coefficient (Wildman–Crippen LogP) is 4.92. The molecule has 0 unspecified atom stereocenters. The molecule has 2 aromatic carbocycles. The molecule has 0 atom stereocenters. The zero-order chi connectivity index (χ0) is 16.7. The maximum absolute atomic E-state index is 5.45. The molecule has 0 fully saturated rings. The average Bonchev–Trinajstić information content (AvgIpc) is 3.09. The van der Waals surface area contributed by atoms with Crippen molar-refractivity contribution in [2.45, 2.75) is 13.3 Å². The van der Waals surface area contributed by atoms with Gasteiger partial charge in [0.25, 0.3) is 0 Å². The van der Waals surface area contributed by atoms with E-state index in [1.54, 1.807) is 0 Å². The molecule has 0 aliphatic rings. The van der Waals surface area contributed by atoms with Crippen molar-refractivity contribution in [1.82, 2.24) is 19.7 Å². The Morgan fingerprint density at radius 2 is 1.88 bits per heavy atom. The second kappa shape index (κ2) is 6.18. The van der Waals surface area contributed by atoms with Crippen molar-refractivity contribution >= 4 is 45.7 Å². The predicted molar refractivity (Wildman–Crippen MR) is 107 cm³/mol. The fraction of sp³-hybridized carbons (Fsp3) is 0.111. The van der Waals surface area contributed by atoms with Crippen LogP contribution in [0.2, 0.25) is 0 Å². The van der Waals surface area contributed by atoms with Gasteiger partial charge < -0.3 is 4.98 Å². The third kappa shape index (κ3) is 2.69. The summed E-state index contributed by atoms with van der Waals surface area (Å²) in [5.41, 5.74) is 4.60. The van der Waals surface area contributed by atoms with E-state index in [9.17, 15) is 0 Å². The summed E-state index contributed by atoms with van der Waals surface area (Å²) < 4.78 is 3.82. The molecule has 2 N–H and O–H groups in total. The van der Waals surface area contributed by atoms with Gasteiger partial charge in [-0.1, -0.05) is 18.2 Å². The number of aromatic nitrogens is 4. The average molecular weight is 446 g/mol. The van der Waals surface area contributed by atoms with E-state index < -0.39 is 0 Å². The number of hydrogen-bond donors (Lipinski definition) is 2. The molecule has 0 radical (unpaired) electrons. The standard InChI is InChI=1S/C18H15IN4S/c1-11-15(14-4-2-3-5-16(14)20-11)10-17-21-22-18(24)23(17)13-8-6-12(19)7-9-13/h2-9,20H,10H2,1H3,(H,22,24). The van der Waals surface area contributed by atoms with Gasteiger partial charge in [0, 0.05) is 32.3 Å². The number of para-hydroxylation sites is 1. The quantitative estimate of drug-likeness (QED) is 0.347. The highest BCUT2D eigenvalue weighted by Gasteiger charge is 2.14. The third-order valence-corrected chi connectivity index (χ3v) is 5.18. The molecule has 6 heteroatoms. The number of aromatic amines is 2. The molecular formula is C18H15IN4S. The molecule has 24 heavy (non-hydrogen) atoms. The summed E-state index contributed by atoms with van der Waals surface area (Å²) in [7, 11) is 0. The van der Waals surface area contributed by atoms with E-state index >= 15 is 0 Å². The number of benzene rings is 2. The maximum Gasteiger partial charge on any atom is 0.199 e. The van der Waals surface area contributed by atoms with E-state index in [1.807, 2.05) is 10.6 Å². The Hall–Kier alpha value is -1.93. The van der Waals surface area contributed by atoms with Crippen molar-refractivity contribution in [2.75, 3.05) is 0 Å². The summed E-state index contributed by atoms with van der Waals surface area (Å²) >= 11 is 7.75. The number of rotatable bonds is 3. The monoisotopic (exact) mass is 446 g/mol.